The normalized spacial score (nSPS) is 17.8. The lowest BCUT2D eigenvalue weighted by Gasteiger charge is -2.35. The van der Waals surface area contributed by atoms with E-state index in [0.29, 0.717) is 12.2 Å². The first kappa shape index (κ1) is 17.5. The van der Waals surface area contributed by atoms with E-state index in [4.69, 9.17) is 5.14 Å². The van der Waals surface area contributed by atoms with E-state index in [1.807, 2.05) is 18.2 Å². The molecule has 1 aliphatic heterocycles. The maximum Gasteiger partial charge on any atom is 0.256 e. The van der Waals surface area contributed by atoms with Crippen molar-refractivity contribution in [2.45, 2.75) is 23.8 Å². The van der Waals surface area contributed by atoms with Crippen LogP contribution in [0.15, 0.2) is 41.7 Å². The fourth-order valence-electron chi connectivity index (χ4n) is 3.44. The zero-order valence-electron chi connectivity index (χ0n) is 14.4. The van der Waals surface area contributed by atoms with Gasteiger partial charge in [0.2, 0.25) is 5.82 Å². The molecule has 11 heteroatoms. The van der Waals surface area contributed by atoms with Crippen molar-refractivity contribution in [1.82, 2.24) is 30.6 Å². The fourth-order valence-corrected chi connectivity index (χ4v) is 4.13. The summed E-state index contributed by atoms with van der Waals surface area (Å²) in [6, 6.07) is 7.62. The number of aromatic amines is 1. The van der Waals surface area contributed by atoms with Gasteiger partial charge in [-0.15, -0.1) is 10.2 Å². The molecule has 4 heterocycles. The van der Waals surface area contributed by atoms with Crippen LogP contribution in [-0.4, -0.2) is 52.1 Å². The molecule has 1 atom stereocenters. The van der Waals surface area contributed by atoms with Crippen molar-refractivity contribution in [3.8, 4) is 11.4 Å². The van der Waals surface area contributed by atoms with E-state index >= 15 is 0 Å². The molecule has 1 unspecified atom stereocenters. The molecule has 3 N–H and O–H groups in total. The number of anilines is 1. The van der Waals surface area contributed by atoms with Crippen LogP contribution in [0.4, 0.5) is 5.69 Å². The number of H-pyrrole nitrogens is 1. The lowest BCUT2D eigenvalue weighted by atomic mass is 9.93. The summed E-state index contributed by atoms with van der Waals surface area (Å²) in [6.07, 6.45) is 5.17. The summed E-state index contributed by atoms with van der Waals surface area (Å²) in [7, 11) is -4.06. The molecule has 1 fully saturated rings. The van der Waals surface area contributed by atoms with Gasteiger partial charge in [-0.3, -0.25) is 4.98 Å². The van der Waals surface area contributed by atoms with Gasteiger partial charge in [0.1, 0.15) is 0 Å². The number of aromatic nitrogens is 6. The highest BCUT2D eigenvalue weighted by molar-refractivity contribution is 7.89. The summed E-state index contributed by atoms with van der Waals surface area (Å²) in [5.74, 6) is 0.381. The van der Waals surface area contributed by atoms with E-state index in [1.165, 1.54) is 6.20 Å². The lowest BCUT2D eigenvalue weighted by molar-refractivity contribution is 0.501. The molecule has 10 nitrogen and oxygen atoms in total. The van der Waals surface area contributed by atoms with Crippen molar-refractivity contribution in [3.63, 3.8) is 0 Å². The van der Waals surface area contributed by atoms with Gasteiger partial charge in [0.05, 0.1) is 11.3 Å². The summed E-state index contributed by atoms with van der Waals surface area (Å²) in [5, 5.41) is 18.9. The number of nitrogens with zero attached hydrogens (tertiary/aromatic N) is 6. The van der Waals surface area contributed by atoms with Crippen molar-refractivity contribution >= 4 is 15.7 Å². The van der Waals surface area contributed by atoms with Gasteiger partial charge in [0.25, 0.3) is 10.0 Å². The fraction of sp³-hybridized carbons (Fsp3) is 0.312. The number of rotatable bonds is 4. The van der Waals surface area contributed by atoms with Crippen LogP contribution < -0.4 is 10.0 Å². The number of hydrogen-bond donors (Lipinski definition) is 2. The number of nitrogens with one attached hydrogen (secondary N) is 1. The first-order valence-corrected chi connectivity index (χ1v) is 10.00. The van der Waals surface area contributed by atoms with E-state index in [-0.39, 0.29) is 22.3 Å². The molecular formula is C16H18N8O2S. The zero-order valence-corrected chi connectivity index (χ0v) is 15.2. The van der Waals surface area contributed by atoms with Crippen molar-refractivity contribution in [2.75, 3.05) is 18.0 Å². The number of hydrogen-bond acceptors (Lipinski definition) is 8. The number of tetrazole rings is 1. The zero-order chi connectivity index (χ0) is 18.9. The molecule has 1 aliphatic rings. The average Bonchev–Trinajstić information content (AvgIpc) is 3.22. The predicted molar refractivity (Wildman–Crippen MR) is 97.2 cm³/mol. The Hall–Kier alpha value is -2.92. The second-order valence-corrected chi connectivity index (χ2v) is 7.81. The van der Waals surface area contributed by atoms with Crippen LogP contribution in [0.2, 0.25) is 0 Å². The van der Waals surface area contributed by atoms with E-state index < -0.39 is 10.0 Å². The third kappa shape index (κ3) is 3.51. The van der Waals surface area contributed by atoms with Gasteiger partial charge in [-0.25, -0.2) is 18.5 Å². The Labute approximate surface area is 155 Å². The predicted octanol–water partition coefficient (Wildman–Crippen LogP) is 0.688. The topological polar surface area (TPSA) is 144 Å². The average molecular weight is 386 g/mol. The van der Waals surface area contributed by atoms with E-state index in [1.54, 1.807) is 12.3 Å². The first-order chi connectivity index (χ1) is 13.0. The minimum atomic E-state index is -4.06. The summed E-state index contributed by atoms with van der Waals surface area (Å²) in [6.45, 7) is 1.46. The number of nitrogens with two attached hydrogens (primary N) is 1. The highest BCUT2D eigenvalue weighted by atomic mass is 32.2. The quantitative estimate of drug-likeness (QED) is 0.666. The van der Waals surface area contributed by atoms with Crippen LogP contribution in [0.1, 0.15) is 24.5 Å². The van der Waals surface area contributed by atoms with Crippen LogP contribution in [0.25, 0.3) is 11.4 Å². The summed E-state index contributed by atoms with van der Waals surface area (Å²) in [5.41, 5.74) is 1.94. The Kier molecular flexibility index (Phi) is 4.54. The molecule has 4 rings (SSSR count). The van der Waals surface area contributed by atoms with Crippen molar-refractivity contribution < 1.29 is 8.42 Å². The van der Waals surface area contributed by atoms with Gasteiger partial charge in [-0.1, -0.05) is 6.07 Å². The Morgan fingerprint density at radius 2 is 2.07 bits per heavy atom. The molecule has 0 radical (unpaired) electrons. The Bertz CT molecular complexity index is 1020. The third-order valence-electron chi connectivity index (χ3n) is 4.60. The molecule has 0 aliphatic carbocycles. The molecule has 27 heavy (non-hydrogen) atoms. The van der Waals surface area contributed by atoms with E-state index in [9.17, 15) is 8.42 Å². The highest BCUT2D eigenvalue weighted by Gasteiger charge is 2.29. The van der Waals surface area contributed by atoms with Gasteiger partial charge in [-0.05, 0) is 36.3 Å². The Morgan fingerprint density at radius 1 is 1.19 bits per heavy atom. The van der Waals surface area contributed by atoms with E-state index in [2.05, 4.69) is 35.5 Å². The highest BCUT2D eigenvalue weighted by Crippen LogP contribution is 2.36. The lowest BCUT2D eigenvalue weighted by Crippen LogP contribution is -2.35. The summed E-state index contributed by atoms with van der Waals surface area (Å²) >= 11 is 0. The first-order valence-electron chi connectivity index (χ1n) is 8.45. The number of piperidine rings is 1. The SMILES string of the molecule is NS(=O)(=O)c1nccc(N2CCCC(c3ccccn3)C2)c1-c1nn[nH]n1. The van der Waals surface area contributed by atoms with Gasteiger partial charge >= 0.3 is 0 Å². The van der Waals surface area contributed by atoms with E-state index in [0.717, 1.165) is 25.1 Å². The Morgan fingerprint density at radius 3 is 2.78 bits per heavy atom. The van der Waals surface area contributed by atoms with Crippen LogP contribution in [0.5, 0.6) is 0 Å². The summed E-state index contributed by atoms with van der Waals surface area (Å²) in [4.78, 5) is 10.5. The van der Waals surface area contributed by atoms with Gasteiger partial charge in [0, 0.05) is 37.1 Å². The maximum absolute atomic E-state index is 12.1. The molecule has 0 aromatic carbocycles. The molecule has 0 spiro atoms. The second-order valence-electron chi connectivity index (χ2n) is 6.33. The third-order valence-corrected chi connectivity index (χ3v) is 5.45. The van der Waals surface area contributed by atoms with Crippen molar-refractivity contribution in [1.29, 1.82) is 0 Å². The molecule has 0 amide bonds. The number of primary sulfonamides is 1. The molecule has 3 aromatic rings. The molecule has 1 saturated heterocycles. The summed E-state index contributed by atoms with van der Waals surface area (Å²) < 4.78 is 24.1. The van der Waals surface area contributed by atoms with Gasteiger partial charge in [0.15, 0.2) is 5.03 Å². The number of sulfonamides is 1. The minimum Gasteiger partial charge on any atom is -0.370 e. The van der Waals surface area contributed by atoms with Gasteiger partial charge < -0.3 is 4.90 Å². The smallest absolute Gasteiger partial charge is 0.256 e. The monoisotopic (exact) mass is 386 g/mol. The molecule has 0 saturated carbocycles. The van der Waals surface area contributed by atoms with Crippen molar-refractivity contribution in [2.24, 2.45) is 5.14 Å². The van der Waals surface area contributed by atoms with Gasteiger partial charge in [-0.2, -0.15) is 5.21 Å². The van der Waals surface area contributed by atoms with Crippen LogP contribution in [0.3, 0.4) is 0 Å². The standard InChI is InChI=1S/C16H18N8O2S/c17-27(25,26)16-14(15-20-22-23-21-15)13(6-8-19-16)24-9-3-4-11(10-24)12-5-1-2-7-18-12/h1-2,5-8,11H,3-4,9-10H2,(H2,17,25,26)(H,20,21,22,23). The second kappa shape index (κ2) is 7.00. The van der Waals surface area contributed by atoms with Crippen LogP contribution in [0, 0.1) is 0 Å². The number of pyridine rings is 2. The molecule has 0 bridgehead atoms. The van der Waals surface area contributed by atoms with Crippen LogP contribution >= 0.6 is 0 Å². The maximum atomic E-state index is 12.1. The van der Waals surface area contributed by atoms with Crippen molar-refractivity contribution in [3.05, 3.63) is 42.4 Å². The molecule has 140 valence electrons. The molecule has 3 aromatic heterocycles. The Balaban J connectivity index is 1.77. The minimum absolute atomic E-state index is 0.141. The van der Waals surface area contributed by atoms with Crippen LogP contribution in [-0.2, 0) is 10.0 Å². The largest absolute Gasteiger partial charge is 0.370 e. The molecular weight excluding hydrogens is 368 g/mol.